The summed E-state index contributed by atoms with van der Waals surface area (Å²) in [5, 5.41) is 3.05. The number of piperidine rings is 1. The first-order valence-electron chi connectivity index (χ1n) is 11.9. The number of amides is 2. The van der Waals surface area contributed by atoms with Crippen molar-refractivity contribution in [1.82, 2.24) is 9.47 Å². The number of ether oxygens (including phenoxy) is 1. The van der Waals surface area contributed by atoms with Crippen LogP contribution < -0.4 is 15.0 Å². The van der Waals surface area contributed by atoms with Crippen molar-refractivity contribution in [1.29, 1.82) is 0 Å². The third-order valence-corrected chi connectivity index (χ3v) is 7.03. The third-order valence-electron chi connectivity index (χ3n) is 7.03. The zero-order valence-electron chi connectivity index (χ0n) is 19.7. The number of carbonyl (C=O) groups is 1. The van der Waals surface area contributed by atoms with Crippen molar-refractivity contribution in [3.8, 4) is 11.4 Å². The molecule has 33 heavy (non-hydrogen) atoms. The van der Waals surface area contributed by atoms with Gasteiger partial charge in [-0.25, -0.2) is 4.79 Å². The lowest BCUT2D eigenvalue weighted by Gasteiger charge is -2.53. The zero-order chi connectivity index (χ0) is 23.0. The van der Waals surface area contributed by atoms with E-state index in [1.807, 2.05) is 36.1 Å². The van der Waals surface area contributed by atoms with E-state index in [4.69, 9.17) is 4.74 Å². The van der Waals surface area contributed by atoms with Crippen LogP contribution in [-0.4, -0.2) is 41.7 Å². The number of anilines is 2. The average Bonchev–Trinajstić information content (AvgIpc) is 3.32. The van der Waals surface area contributed by atoms with Gasteiger partial charge < -0.3 is 24.4 Å². The number of aromatic nitrogens is 1. The van der Waals surface area contributed by atoms with Crippen molar-refractivity contribution in [3.05, 3.63) is 72.1 Å². The summed E-state index contributed by atoms with van der Waals surface area (Å²) >= 11 is 0. The molecule has 3 aromatic rings. The summed E-state index contributed by atoms with van der Waals surface area (Å²) in [7, 11) is 0. The largest absolute Gasteiger partial charge is 0.494 e. The van der Waals surface area contributed by atoms with Gasteiger partial charge in [0.1, 0.15) is 5.75 Å². The molecule has 1 N–H and O–H groups in total. The first kappa shape index (κ1) is 21.4. The van der Waals surface area contributed by atoms with Crippen LogP contribution in [0.25, 0.3) is 5.69 Å². The lowest BCUT2D eigenvalue weighted by Crippen LogP contribution is -2.57. The molecular weight excluding hydrogens is 412 g/mol. The molecule has 2 aliphatic heterocycles. The van der Waals surface area contributed by atoms with Gasteiger partial charge in [0.05, 0.1) is 23.5 Å². The van der Waals surface area contributed by atoms with Crippen LogP contribution in [-0.2, 0) is 5.54 Å². The molecule has 0 radical (unpaired) electrons. The number of nitrogens with one attached hydrogen (secondary N) is 1. The number of rotatable bonds is 4. The maximum absolute atomic E-state index is 13.0. The fraction of sp³-hybridized carbons (Fsp3) is 0.370. The summed E-state index contributed by atoms with van der Waals surface area (Å²) in [4.78, 5) is 17.5. The first-order valence-corrected chi connectivity index (χ1v) is 11.9. The molecular formula is C27H32N4O2. The molecule has 0 aliphatic carbocycles. The minimum atomic E-state index is -0.102. The molecule has 5 rings (SSSR count). The fourth-order valence-electron chi connectivity index (χ4n) is 5.47. The van der Waals surface area contributed by atoms with Crippen LogP contribution >= 0.6 is 0 Å². The highest BCUT2D eigenvalue weighted by Gasteiger charge is 2.46. The van der Waals surface area contributed by atoms with Crippen molar-refractivity contribution in [2.45, 2.75) is 39.2 Å². The summed E-state index contributed by atoms with van der Waals surface area (Å²) in [6.45, 7) is 9.33. The highest BCUT2D eigenvalue weighted by atomic mass is 16.5. The summed E-state index contributed by atoms with van der Waals surface area (Å²) in [5.41, 5.74) is 5.80. The molecule has 0 atom stereocenters. The second kappa shape index (κ2) is 8.50. The number of likely N-dealkylation sites (tertiary alicyclic amines) is 1. The molecule has 1 aromatic heterocycles. The van der Waals surface area contributed by atoms with Crippen molar-refractivity contribution in [2.24, 2.45) is 0 Å². The van der Waals surface area contributed by atoms with E-state index >= 15 is 0 Å². The van der Waals surface area contributed by atoms with E-state index in [1.54, 1.807) is 0 Å². The zero-order valence-corrected chi connectivity index (χ0v) is 19.7. The van der Waals surface area contributed by atoms with Crippen LogP contribution in [0.5, 0.6) is 5.75 Å². The highest BCUT2D eigenvalue weighted by molar-refractivity contribution is 5.89. The molecule has 0 unspecified atom stereocenters. The Balaban J connectivity index is 1.35. The normalized spacial score (nSPS) is 16.3. The quantitative estimate of drug-likeness (QED) is 0.574. The maximum Gasteiger partial charge on any atom is 0.321 e. The van der Waals surface area contributed by atoms with Gasteiger partial charge in [0.25, 0.3) is 0 Å². The molecule has 2 amide bonds. The summed E-state index contributed by atoms with van der Waals surface area (Å²) in [5.74, 6) is 0.811. The Bertz CT molecular complexity index is 1140. The van der Waals surface area contributed by atoms with Gasteiger partial charge in [-0.05, 0) is 87.7 Å². The summed E-state index contributed by atoms with van der Waals surface area (Å²) in [6, 6.07) is 18.6. The molecule has 0 bridgehead atoms. The number of hydrogen-bond acceptors (Lipinski definition) is 3. The maximum atomic E-state index is 13.0. The van der Waals surface area contributed by atoms with Gasteiger partial charge in [-0.3, -0.25) is 0 Å². The van der Waals surface area contributed by atoms with Crippen LogP contribution in [0, 0.1) is 6.92 Å². The minimum absolute atomic E-state index is 0.0421. The third kappa shape index (κ3) is 3.63. The minimum Gasteiger partial charge on any atom is -0.494 e. The molecule has 0 saturated carbocycles. The fourth-order valence-corrected chi connectivity index (χ4v) is 5.47. The Morgan fingerprint density at radius 1 is 1.03 bits per heavy atom. The van der Waals surface area contributed by atoms with Gasteiger partial charge in [-0.15, -0.1) is 0 Å². The monoisotopic (exact) mass is 444 g/mol. The molecule has 6 heteroatoms. The number of nitrogens with zero attached hydrogens (tertiary/aromatic N) is 3. The van der Waals surface area contributed by atoms with Gasteiger partial charge in [-0.2, -0.15) is 0 Å². The number of urea groups is 1. The second-order valence-corrected chi connectivity index (χ2v) is 8.91. The lowest BCUT2D eigenvalue weighted by atomic mass is 9.80. The second-order valence-electron chi connectivity index (χ2n) is 8.91. The van der Waals surface area contributed by atoms with E-state index in [1.165, 1.54) is 22.6 Å². The molecule has 2 aromatic carbocycles. The van der Waals surface area contributed by atoms with Crippen molar-refractivity contribution in [3.63, 3.8) is 0 Å². The van der Waals surface area contributed by atoms with Crippen LogP contribution in [0.15, 0.2) is 60.8 Å². The van der Waals surface area contributed by atoms with Crippen LogP contribution in [0.1, 0.15) is 37.9 Å². The van der Waals surface area contributed by atoms with Gasteiger partial charge in [0.2, 0.25) is 0 Å². The predicted molar refractivity (Wildman–Crippen MR) is 133 cm³/mol. The van der Waals surface area contributed by atoms with E-state index in [-0.39, 0.29) is 11.6 Å². The summed E-state index contributed by atoms with van der Waals surface area (Å²) < 4.78 is 7.84. The Morgan fingerprint density at radius 3 is 2.48 bits per heavy atom. The van der Waals surface area contributed by atoms with E-state index in [9.17, 15) is 4.79 Å². The number of carbonyl (C=O) groups excluding carboxylic acids is 1. The number of hydrogen-bond donors (Lipinski definition) is 1. The standard InChI is InChI=1S/C27H32N4O2/c1-4-31-24-19-20(3)8-13-23(24)30-16-6-7-25(30)27(31)14-17-29(18-15-27)26(32)28-21-9-11-22(12-10-21)33-5-2/h6-13,16,19H,4-5,14-15,17-18H2,1-3H3,(H,28,32). The number of aryl methyl sites for hydroxylation is 1. The van der Waals surface area contributed by atoms with Gasteiger partial charge in [-0.1, -0.05) is 6.07 Å². The Hall–Kier alpha value is -3.41. The van der Waals surface area contributed by atoms with E-state index in [2.05, 4.69) is 65.2 Å². The molecule has 1 spiro atoms. The van der Waals surface area contributed by atoms with Gasteiger partial charge >= 0.3 is 6.03 Å². The van der Waals surface area contributed by atoms with Crippen LogP contribution in [0.2, 0.25) is 0 Å². The molecule has 172 valence electrons. The predicted octanol–water partition coefficient (Wildman–Crippen LogP) is 5.55. The Labute approximate surface area is 195 Å². The topological polar surface area (TPSA) is 49.7 Å². The van der Waals surface area contributed by atoms with Crippen molar-refractivity contribution >= 4 is 17.4 Å². The van der Waals surface area contributed by atoms with Gasteiger partial charge in [0, 0.05) is 37.2 Å². The van der Waals surface area contributed by atoms with E-state index < -0.39 is 0 Å². The van der Waals surface area contributed by atoms with E-state index in [0.717, 1.165) is 30.8 Å². The van der Waals surface area contributed by atoms with Crippen molar-refractivity contribution < 1.29 is 9.53 Å². The SMILES string of the molecule is CCOc1ccc(NC(=O)N2CCC3(CC2)c2cccn2-c2ccc(C)cc2N3CC)cc1. The smallest absolute Gasteiger partial charge is 0.321 e. The molecule has 6 nitrogen and oxygen atoms in total. The summed E-state index contributed by atoms with van der Waals surface area (Å²) in [6.07, 6.45) is 3.97. The number of fused-ring (bicyclic) bond motifs is 4. The van der Waals surface area contributed by atoms with E-state index in [0.29, 0.717) is 19.7 Å². The molecule has 1 saturated heterocycles. The van der Waals surface area contributed by atoms with Crippen LogP contribution in [0.4, 0.5) is 16.2 Å². The number of benzene rings is 2. The molecule has 3 heterocycles. The molecule has 2 aliphatic rings. The Kier molecular flexibility index (Phi) is 5.52. The Morgan fingerprint density at radius 2 is 1.79 bits per heavy atom. The van der Waals surface area contributed by atoms with Crippen LogP contribution in [0.3, 0.4) is 0 Å². The van der Waals surface area contributed by atoms with Gasteiger partial charge in [0.15, 0.2) is 0 Å². The molecule has 1 fully saturated rings. The average molecular weight is 445 g/mol. The first-order chi connectivity index (χ1) is 16.1. The highest BCUT2D eigenvalue weighted by Crippen LogP contribution is 2.48. The van der Waals surface area contributed by atoms with Crippen molar-refractivity contribution in [2.75, 3.05) is 36.5 Å². The lowest BCUT2D eigenvalue weighted by molar-refractivity contribution is 0.161.